The number of nitrogens with zero attached hydrogens (tertiary/aromatic N) is 2. The van der Waals surface area contributed by atoms with Crippen molar-refractivity contribution in [1.82, 2.24) is 10.2 Å². The summed E-state index contributed by atoms with van der Waals surface area (Å²) in [7, 11) is 0. The number of amides is 4. The zero-order chi connectivity index (χ0) is 20.0. The van der Waals surface area contributed by atoms with Gasteiger partial charge in [-0.15, -0.1) is 0 Å². The molecule has 4 rings (SSSR count). The number of rotatable bonds is 4. The third-order valence-corrected chi connectivity index (χ3v) is 6.09. The van der Waals surface area contributed by atoms with Crippen LogP contribution in [0.2, 0.25) is 0 Å². The molecule has 4 amide bonds. The standard InChI is InChI=1S/C20H24N4O4/c1-11-9-23(10-12(11)6-7-21)13-2-3-14-15(8-13)20(28)24(19(14)27)16-4-5-17(25)22-18(16)26/h2-3,8,11-12,16H,4-7,9-10,21H2,1H3,(H,22,25,26)/t11-,12-,16?/m1/s1. The van der Waals surface area contributed by atoms with Crippen molar-refractivity contribution >= 4 is 29.3 Å². The fourth-order valence-electron chi connectivity index (χ4n) is 4.49. The SMILES string of the molecule is C[C@@H]1CN(c2ccc3c(c2)C(=O)N(C2CCC(=O)NC2=O)C3=O)C[C@H]1CCN. The van der Waals surface area contributed by atoms with Crippen LogP contribution in [-0.2, 0) is 9.59 Å². The molecule has 0 spiro atoms. The topological polar surface area (TPSA) is 113 Å². The smallest absolute Gasteiger partial charge is 0.262 e. The minimum atomic E-state index is -0.936. The quantitative estimate of drug-likeness (QED) is 0.732. The summed E-state index contributed by atoms with van der Waals surface area (Å²) in [5, 5.41) is 2.21. The van der Waals surface area contributed by atoms with Crippen molar-refractivity contribution < 1.29 is 19.2 Å². The number of nitrogens with one attached hydrogen (secondary N) is 1. The number of anilines is 1. The summed E-state index contributed by atoms with van der Waals surface area (Å²) >= 11 is 0. The van der Waals surface area contributed by atoms with Crippen molar-refractivity contribution in [3.05, 3.63) is 29.3 Å². The van der Waals surface area contributed by atoms with Gasteiger partial charge < -0.3 is 10.6 Å². The van der Waals surface area contributed by atoms with Crippen LogP contribution in [0.1, 0.15) is 46.9 Å². The first-order chi connectivity index (χ1) is 13.4. The predicted molar refractivity (Wildman–Crippen MR) is 102 cm³/mol. The maximum atomic E-state index is 12.9. The molecule has 1 unspecified atom stereocenters. The lowest BCUT2D eigenvalue weighted by molar-refractivity contribution is -0.136. The molecule has 1 aromatic carbocycles. The molecule has 2 saturated heterocycles. The Hall–Kier alpha value is -2.74. The molecule has 8 heteroatoms. The molecule has 0 saturated carbocycles. The second-order valence-electron chi connectivity index (χ2n) is 7.90. The van der Waals surface area contributed by atoms with Gasteiger partial charge in [0.25, 0.3) is 11.8 Å². The first-order valence-corrected chi connectivity index (χ1v) is 9.71. The van der Waals surface area contributed by atoms with Crippen LogP contribution in [0.5, 0.6) is 0 Å². The zero-order valence-corrected chi connectivity index (χ0v) is 15.8. The Morgan fingerprint density at radius 1 is 1.11 bits per heavy atom. The van der Waals surface area contributed by atoms with Crippen molar-refractivity contribution in [2.45, 2.75) is 32.2 Å². The number of fused-ring (bicyclic) bond motifs is 1. The van der Waals surface area contributed by atoms with E-state index in [1.54, 1.807) is 12.1 Å². The van der Waals surface area contributed by atoms with E-state index in [4.69, 9.17) is 5.73 Å². The molecule has 0 aromatic heterocycles. The summed E-state index contributed by atoms with van der Waals surface area (Å²) in [4.78, 5) is 52.4. The maximum Gasteiger partial charge on any atom is 0.262 e. The largest absolute Gasteiger partial charge is 0.371 e. The number of imide groups is 2. The second-order valence-corrected chi connectivity index (χ2v) is 7.90. The molecule has 3 aliphatic heterocycles. The van der Waals surface area contributed by atoms with E-state index in [9.17, 15) is 19.2 Å². The van der Waals surface area contributed by atoms with E-state index in [2.05, 4.69) is 17.1 Å². The van der Waals surface area contributed by atoms with Gasteiger partial charge in [0.1, 0.15) is 6.04 Å². The number of piperidine rings is 1. The van der Waals surface area contributed by atoms with Crippen LogP contribution in [0.3, 0.4) is 0 Å². The summed E-state index contributed by atoms with van der Waals surface area (Å²) in [5.41, 5.74) is 7.24. The molecule has 0 bridgehead atoms. The Balaban J connectivity index is 1.58. The average Bonchev–Trinajstić information content (AvgIpc) is 3.14. The van der Waals surface area contributed by atoms with Crippen LogP contribution in [0.25, 0.3) is 0 Å². The molecule has 0 aliphatic carbocycles. The Kier molecular flexibility index (Phi) is 4.66. The first-order valence-electron chi connectivity index (χ1n) is 9.71. The van der Waals surface area contributed by atoms with Gasteiger partial charge in [0.15, 0.2) is 0 Å². The number of hydrogen-bond donors (Lipinski definition) is 2. The summed E-state index contributed by atoms with van der Waals surface area (Å²) in [6.45, 7) is 4.60. The highest BCUT2D eigenvalue weighted by Gasteiger charge is 2.45. The second kappa shape index (κ2) is 7.01. The van der Waals surface area contributed by atoms with E-state index >= 15 is 0 Å². The number of nitrogens with two attached hydrogens (primary N) is 1. The van der Waals surface area contributed by atoms with Gasteiger partial charge >= 0.3 is 0 Å². The number of carbonyl (C=O) groups excluding carboxylic acids is 4. The number of carbonyl (C=O) groups is 4. The van der Waals surface area contributed by atoms with Crippen LogP contribution in [0, 0.1) is 11.8 Å². The van der Waals surface area contributed by atoms with Crippen LogP contribution >= 0.6 is 0 Å². The molecule has 2 fully saturated rings. The molecule has 0 radical (unpaired) electrons. The van der Waals surface area contributed by atoms with Crippen LogP contribution in [-0.4, -0.2) is 54.2 Å². The van der Waals surface area contributed by atoms with Crippen molar-refractivity contribution in [2.24, 2.45) is 17.6 Å². The van der Waals surface area contributed by atoms with Gasteiger partial charge in [-0.05, 0) is 49.4 Å². The lowest BCUT2D eigenvalue weighted by Crippen LogP contribution is -2.54. The first kappa shape index (κ1) is 18.6. The van der Waals surface area contributed by atoms with E-state index in [0.29, 0.717) is 29.5 Å². The minimum Gasteiger partial charge on any atom is -0.371 e. The Morgan fingerprint density at radius 3 is 2.57 bits per heavy atom. The van der Waals surface area contributed by atoms with Crippen LogP contribution in [0.4, 0.5) is 5.69 Å². The maximum absolute atomic E-state index is 12.9. The van der Waals surface area contributed by atoms with E-state index in [1.807, 2.05) is 6.07 Å². The van der Waals surface area contributed by atoms with Gasteiger partial charge in [-0.25, -0.2) is 0 Å². The molecule has 1 aromatic rings. The fraction of sp³-hybridized carbons (Fsp3) is 0.500. The third-order valence-electron chi connectivity index (χ3n) is 6.09. The van der Waals surface area contributed by atoms with Crippen LogP contribution < -0.4 is 16.0 Å². The van der Waals surface area contributed by atoms with E-state index < -0.39 is 23.8 Å². The monoisotopic (exact) mass is 384 g/mol. The summed E-state index contributed by atoms with van der Waals surface area (Å²) < 4.78 is 0. The van der Waals surface area contributed by atoms with E-state index in [1.165, 1.54) is 0 Å². The summed E-state index contributed by atoms with van der Waals surface area (Å²) in [5.74, 6) is -0.900. The predicted octanol–water partition coefficient (Wildman–Crippen LogP) is 0.509. The minimum absolute atomic E-state index is 0.114. The highest BCUT2D eigenvalue weighted by molar-refractivity contribution is 6.23. The molecular weight excluding hydrogens is 360 g/mol. The molecule has 3 atom stereocenters. The lowest BCUT2D eigenvalue weighted by atomic mass is 9.95. The zero-order valence-electron chi connectivity index (χ0n) is 15.8. The van der Waals surface area contributed by atoms with Crippen molar-refractivity contribution in [2.75, 3.05) is 24.5 Å². The molecule has 3 N–H and O–H groups in total. The molecule has 3 heterocycles. The molecular formula is C20H24N4O4. The van der Waals surface area contributed by atoms with Crippen LogP contribution in [0.15, 0.2) is 18.2 Å². The average molecular weight is 384 g/mol. The molecule has 8 nitrogen and oxygen atoms in total. The highest BCUT2D eigenvalue weighted by Crippen LogP contribution is 2.34. The van der Waals surface area contributed by atoms with Gasteiger partial charge in [0, 0.05) is 25.2 Å². The highest BCUT2D eigenvalue weighted by atomic mass is 16.2. The lowest BCUT2D eigenvalue weighted by Gasteiger charge is -2.27. The van der Waals surface area contributed by atoms with Crippen molar-refractivity contribution in [3.63, 3.8) is 0 Å². The van der Waals surface area contributed by atoms with E-state index in [-0.39, 0.29) is 18.7 Å². The summed E-state index contributed by atoms with van der Waals surface area (Å²) in [6.07, 6.45) is 1.24. The molecule has 148 valence electrons. The van der Waals surface area contributed by atoms with E-state index in [0.717, 1.165) is 30.1 Å². The third kappa shape index (κ3) is 2.97. The van der Waals surface area contributed by atoms with Gasteiger partial charge in [-0.3, -0.25) is 29.4 Å². The Morgan fingerprint density at radius 2 is 1.86 bits per heavy atom. The number of hydrogen-bond acceptors (Lipinski definition) is 6. The Labute approximate surface area is 163 Å². The van der Waals surface area contributed by atoms with Gasteiger partial charge in [0.05, 0.1) is 11.1 Å². The number of benzene rings is 1. The van der Waals surface area contributed by atoms with Crippen molar-refractivity contribution in [3.8, 4) is 0 Å². The molecule has 3 aliphatic rings. The normalized spacial score (nSPS) is 27.4. The fourth-order valence-corrected chi connectivity index (χ4v) is 4.49. The summed E-state index contributed by atoms with van der Waals surface area (Å²) in [6, 6.07) is 4.33. The molecule has 28 heavy (non-hydrogen) atoms. The van der Waals surface area contributed by atoms with Crippen molar-refractivity contribution in [1.29, 1.82) is 0 Å². The van der Waals surface area contributed by atoms with Gasteiger partial charge in [0.2, 0.25) is 11.8 Å². The Bertz CT molecular complexity index is 868. The van der Waals surface area contributed by atoms with Gasteiger partial charge in [-0.2, -0.15) is 0 Å². The van der Waals surface area contributed by atoms with Gasteiger partial charge in [-0.1, -0.05) is 6.92 Å².